The number of halogens is 3. The number of alkyl halides is 3. The minimum absolute atomic E-state index is 0.214. The van der Waals surface area contributed by atoms with E-state index < -0.39 is 18.1 Å². The highest BCUT2D eigenvalue weighted by Crippen LogP contribution is 2.17. The number of hydrogen-bond acceptors (Lipinski definition) is 6. The first-order valence-corrected chi connectivity index (χ1v) is 13.3. The van der Waals surface area contributed by atoms with Gasteiger partial charge in [-0.2, -0.15) is 13.2 Å². The second kappa shape index (κ2) is 15.1. The van der Waals surface area contributed by atoms with Crippen LogP contribution in [0.4, 0.5) is 18.9 Å². The van der Waals surface area contributed by atoms with Crippen molar-refractivity contribution in [2.75, 3.05) is 58.2 Å². The van der Waals surface area contributed by atoms with Gasteiger partial charge in [-0.25, -0.2) is 14.6 Å². The van der Waals surface area contributed by atoms with Crippen molar-refractivity contribution in [1.82, 2.24) is 14.7 Å². The van der Waals surface area contributed by atoms with E-state index in [0.717, 1.165) is 63.4 Å². The molecule has 2 fully saturated rings. The molecule has 3 N–H and O–H groups in total. The SMILES string of the molecule is COc1cccc(CN=C(Nc2cccc(C(=O)O)c2)N2CCN(CC(=O)N3CCCC3)CC2)c1.O=C(O)C(F)(F)F. The maximum Gasteiger partial charge on any atom is 0.490 e. The van der Waals surface area contributed by atoms with Crippen molar-refractivity contribution in [3.8, 4) is 5.75 Å². The number of aliphatic carboxylic acids is 1. The zero-order valence-corrected chi connectivity index (χ0v) is 23.1. The molecule has 1 amide bonds. The van der Waals surface area contributed by atoms with Gasteiger partial charge in [-0.3, -0.25) is 9.69 Å². The summed E-state index contributed by atoms with van der Waals surface area (Å²) < 4.78 is 37.1. The number of nitrogens with zero attached hydrogens (tertiary/aromatic N) is 4. The Morgan fingerprint density at radius 2 is 1.57 bits per heavy atom. The molecule has 0 spiro atoms. The molecule has 14 heteroatoms. The number of piperazine rings is 1. The van der Waals surface area contributed by atoms with Gasteiger partial charge in [0.2, 0.25) is 5.91 Å². The number of hydrogen-bond donors (Lipinski definition) is 3. The summed E-state index contributed by atoms with van der Waals surface area (Å²) in [6.07, 6.45) is -2.89. The lowest BCUT2D eigenvalue weighted by Crippen LogP contribution is -2.52. The molecule has 0 radical (unpaired) electrons. The van der Waals surface area contributed by atoms with Gasteiger partial charge in [-0.1, -0.05) is 18.2 Å². The number of amides is 1. The van der Waals surface area contributed by atoms with E-state index in [1.165, 1.54) is 0 Å². The third-order valence-corrected chi connectivity index (χ3v) is 6.64. The fraction of sp³-hybridized carbons (Fsp3) is 0.429. The Balaban J connectivity index is 0.000000616. The van der Waals surface area contributed by atoms with Crippen molar-refractivity contribution in [2.45, 2.75) is 25.6 Å². The number of carboxylic acid groups (broad SMARTS) is 2. The van der Waals surface area contributed by atoms with Crippen LogP contribution in [-0.2, 0) is 16.1 Å². The summed E-state index contributed by atoms with van der Waals surface area (Å²) >= 11 is 0. The van der Waals surface area contributed by atoms with Gasteiger partial charge in [-0.15, -0.1) is 0 Å². The highest BCUT2D eigenvalue weighted by Gasteiger charge is 2.38. The first-order chi connectivity index (χ1) is 20.0. The molecule has 0 aliphatic carbocycles. The first-order valence-electron chi connectivity index (χ1n) is 13.3. The largest absolute Gasteiger partial charge is 0.497 e. The molecule has 2 aromatic rings. The Morgan fingerprint density at radius 1 is 0.929 bits per heavy atom. The molecular formula is C28H34F3N5O6. The standard InChI is InChI=1S/C26H33N5O4.C2HF3O2/c1-35-23-9-4-6-20(16-23)18-27-26(28-22-8-5-7-21(17-22)25(33)34)31-14-12-29(13-15-31)19-24(32)30-10-2-3-11-30;3-2(4,5)1(6)7/h4-9,16-17H,2-3,10-15,18-19H2,1H3,(H,27,28)(H,33,34);(H,6,7). The summed E-state index contributed by atoms with van der Waals surface area (Å²) in [4.78, 5) is 44.0. The summed E-state index contributed by atoms with van der Waals surface area (Å²) in [5.74, 6) is -2.06. The highest BCUT2D eigenvalue weighted by atomic mass is 19.4. The van der Waals surface area contributed by atoms with Gasteiger partial charge < -0.3 is 30.1 Å². The van der Waals surface area contributed by atoms with Crippen LogP contribution in [0.2, 0.25) is 0 Å². The fourth-order valence-electron chi connectivity index (χ4n) is 4.39. The average Bonchev–Trinajstić information content (AvgIpc) is 3.51. The van der Waals surface area contributed by atoms with E-state index in [9.17, 15) is 27.9 Å². The van der Waals surface area contributed by atoms with Crippen molar-refractivity contribution >= 4 is 29.5 Å². The molecule has 0 atom stereocenters. The normalized spacial score (nSPS) is 16.0. The summed E-state index contributed by atoms with van der Waals surface area (Å²) in [5.41, 5.74) is 1.89. The van der Waals surface area contributed by atoms with Crippen LogP contribution in [0.25, 0.3) is 0 Å². The van der Waals surface area contributed by atoms with Gasteiger partial charge in [0, 0.05) is 45.0 Å². The Kier molecular flexibility index (Phi) is 11.5. The molecule has 228 valence electrons. The number of nitrogens with one attached hydrogen (secondary N) is 1. The number of aliphatic imine (C=N–C) groups is 1. The van der Waals surface area contributed by atoms with Gasteiger partial charge in [0.1, 0.15) is 5.75 Å². The number of carboxylic acids is 2. The molecule has 0 unspecified atom stereocenters. The predicted molar refractivity (Wildman–Crippen MR) is 149 cm³/mol. The number of likely N-dealkylation sites (tertiary alicyclic amines) is 1. The minimum Gasteiger partial charge on any atom is -0.497 e. The number of carbonyl (C=O) groups is 3. The Hall–Kier alpha value is -4.33. The van der Waals surface area contributed by atoms with E-state index in [1.807, 2.05) is 35.2 Å². The summed E-state index contributed by atoms with van der Waals surface area (Å²) in [7, 11) is 1.64. The third-order valence-electron chi connectivity index (χ3n) is 6.64. The zero-order valence-electron chi connectivity index (χ0n) is 23.1. The number of guanidine groups is 1. The minimum atomic E-state index is -5.08. The van der Waals surface area contributed by atoms with Gasteiger partial charge in [0.15, 0.2) is 5.96 Å². The Labute approximate surface area is 241 Å². The molecule has 2 aliphatic heterocycles. The van der Waals surface area contributed by atoms with Crippen molar-refractivity contribution in [3.63, 3.8) is 0 Å². The highest BCUT2D eigenvalue weighted by molar-refractivity contribution is 5.96. The quantitative estimate of drug-likeness (QED) is 0.327. The van der Waals surface area contributed by atoms with Crippen molar-refractivity contribution in [2.24, 2.45) is 4.99 Å². The monoisotopic (exact) mass is 593 g/mol. The van der Waals surface area contributed by atoms with Gasteiger partial charge in [0.05, 0.1) is 25.8 Å². The zero-order chi connectivity index (χ0) is 30.7. The van der Waals surface area contributed by atoms with Crippen LogP contribution in [0.1, 0.15) is 28.8 Å². The molecule has 0 bridgehead atoms. The van der Waals surface area contributed by atoms with E-state index in [2.05, 4.69) is 15.1 Å². The van der Waals surface area contributed by atoms with E-state index in [1.54, 1.807) is 25.3 Å². The second-order valence-electron chi connectivity index (χ2n) is 9.66. The maximum absolute atomic E-state index is 12.5. The average molecular weight is 594 g/mol. The number of aromatic carboxylic acids is 1. The van der Waals surface area contributed by atoms with E-state index in [0.29, 0.717) is 24.7 Å². The number of ether oxygens (including phenoxy) is 1. The third kappa shape index (κ3) is 9.94. The van der Waals surface area contributed by atoms with Crippen LogP contribution in [-0.4, -0.2) is 108 Å². The Morgan fingerprint density at radius 3 is 2.17 bits per heavy atom. The summed E-state index contributed by atoms with van der Waals surface area (Å²) in [5, 5.41) is 19.8. The second-order valence-corrected chi connectivity index (χ2v) is 9.66. The van der Waals surface area contributed by atoms with Crippen molar-refractivity contribution in [3.05, 3.63) is 59.7 Å². The summed E-state index contributed by atoms with van der Waals surface area (Å²) in [6, 6.07) is 14.5. The van der Waals surface area contributed by atoms with E-state index in [4.69, 9.17) is 19.6 Å². The van der Waals surface area contributed by atoms with E-state index >= 15 is 0 Å². The lowest BCUT2D eigenvalue weighted by Gasteiger charge is -2.36. The maximum atomic E-state index is 12.5. The number of anilines is 1. The topological polar surface area (TPSA) is 135 Å². The van der Waals surface area contributed by atoms with Crippen LogP contribution >= 0.6 is 0 Å². The van der Waals surface area contributed by atoms with Crippen LogP contribution in [0.15, 0.2) is 53.5 Å². The van der Waals surface area contributed by atoms with Gasteiger partial charge in [-0.05, 0) is 48.7 Å². The number of carbonyl (C=O) groups excluding carboxylic acids is 1. The Bertz CT molecular complexity index is 1260. The first kappa shape index (κ1) is 32.2. The molecule has 2 aromatic carbocycles. The molecule has 0 aromatic heterocycles. The van der Waals surface area contributed by atoms with Crippen LogP contribution in [0.3, 0.4) is 0 Å². The lowest BCUT2D eigenvalue weighted by molar-refractivity contribution is -0.192. The molecule has 11 nitrogen and oxygen atoms in total. The van der Waals surface area contributed by atoms with Crippen LogP contribution in [0.5, 0.6) is 5.75 Å². The molecule has 2 aliphatic rings. The van der Waals surface area contributed by atoms with Gasteiger partial charge in [0.25, 0.3) is 0 Å². The molecule has 2 saturated heterocycles. The number of benzene rings is 2. The lowest BCUT2D eigenvalue weighted by atomic mass is 10.2. The van der Waals surface area contributed by atoms with Crippen molar-refractivity contribution in [1.29, 1.82) is 0 Å². The van der Waals surface area contributed by atoms with Crippen molar-refractivity contribution < 1.29 is 42.5 Å². The molecular weight excluding hydrogens is 559 g/mol. The fourth-order valence-corrected chi connectivity index (χ4v) is 4.39. The molecule has 4 rings (SSSR count). The van der Waals surface area contributed by atoms with Gasteiger partial charge >= 0.3 is 18.1 Å². The predicted octanol–water partition coefficient (Wildman–Crippen LogP) is 3.23. The smallest absolute Gasteiger partial charge is 0.490 e. The molecule has 0 saturated carbocycles. The summed E-state index contributed by atoms with van der Waals surface area (Å²) in [6.45, 7) is 5.61. The number of rotatable bonds is 7. The van der Waals surface area contributed by atoms with Crippen LogP contribution in [0, 0.1) is 0 Å². The van der Waals surface area contributed by atoms with E-state index in [-0.39, 0.29) is 11.5 Å². The van der Waals surface area contributed by atoms with Crippen LogP contribution < -0.4 is 10.1 Å². The number of methoxy groups -OCH3 is 1. The molecule has 42 heavy (non-hydrogen) atoms. The molecule has 2 heterocycles.